The number of benzene rings is 1. The van der Waals surface area contributed by atoms with Gasteiger partial charge >= 0.3 is 0 Å². The molecule has 1 aromatic carbocycles. The van der Waals surface area contributed by atoms with Crippen molar-refractivity contribution < 1.29 is 4.79 Å². The first-order chi connectivity index (χ1) is 8.48. The summed E-state index contributed by atoms with van der Waals surface area (Å²) in [6.07, 6.45) is 2.73. The normalized spacial score (nSPS) is 23.1. The second kappa shape index (κ2) is 4.57. The van der Waals surface area contributed by atoms with E-state index in [0.29, 0.717) is 12.8 Å². The molecule has 0 amide bonds. The highest BCUT2D eigenvalue weighted by Crippen LogP contribution is 2.38. The van der Waals surface area contributed by atoms with E-state index >= 15 is 0 Å². The number of ketones is 1. The van der Waals surface area contributed by atoms with E-state index in [9.17, 15) is 10.1 Å². The topological polar surface area (TPSA) is 40.9 Å². The minimum atomic E-state index is -0.759. The molecule has 0 heterocycles. The van der Waals surface area contributed by atoms with Crippen molar-refractivity contribution >= 4 is 5.78 Å². The third kappa shape index (κ3) is 2.06. The van der Waals surface area contributed by atoms with E-state index in [1.807, 2.05) is 0 Å². The number of aryl methyl sites for hydroxylation is 3. The lowest BCUT2D eigenvalue weighted by molar-refractivity contribution is -0.123. The molecule has 1 aromatic rings. The van der Waals surface area contributed by atoms with Crippen LogP contribution in [-0.2, 0) is 11.2 Å². The second-order valence-electron chi connectivity index (χ2n) is 5.52. The molecule has 0 radical (unpaired) electrons. The molecule has 2 rings (SSSR count). The average molecular weight is 241 g/mol. The number of Topliss-reactive ketones (excluding diaryl/α,β-unsaturated/α-hetero) is 1. The van der Waals surface area contributed by atoms with Crippen LogP contribution in [0.1, 0.15) is 41.5 Å². The van der Waals surface area contributed by atoms with E-state index in [1.165, 1.54) is 22.3 Å². The lowest BCUT2D eigenvalue weighted by Gasteiger charge is -2.21. The zero-order chi connectivity index (χ0) is 13.3. The van der Waals surface area contributed by atoms with Crippen LogP contribution in [0, 0.1) is 37.5 Å². The number of carbonyl (C=O) groups excluding carboxylic acids is 1. The standard InChI is InChI=1S/C16H19NO/c1-11-7-12(2)14(13(3)8-11)9-16(10-17)6-4-5-15(16)18/h7-8H,4-6,9H2,1-3H3. The van der Waals surface area contributed by atoms with Gasteiger partial charge in [0, 0.05) is 6.42 Å². The molecule has 0 spiro atoms. The van der Waals surface area contributed by atoms with Crippen molar-refractivity contribution in [3.8, 4) is 6.07 Å². The van der Waals surface area contributed by atoms with Crippen molar-refractivity contribution in [1.82, 2.24) is 0 Å². The first-order valence-corrected chi connectivity index (χ1v) is 6.50. The first kappa shape index (κ1) is 12.8. The highest BCUT2D eigenvalue weighted by atomic mass is 16.1. The molecule has 1 aliphatic rings. The van der Waals surface area contributed by atoms with Gasteiger partial charge in [-0.3, -0.25) is 4.79 Å². The number of carbonyl (C=O) groups is 1. The largest absolute Gasteiger partial charge is 0.298 e. The Morgan fingerprint density at radius 3 is 2.33 bits per heavy atom. The number of nitriles is 1. The Labute approximate surface area is 109 Å². The molecule has 18 heavy (non-hydrogen) atoms. The van der Waals surface area contributed by atoms with Crippen LogP contribution in [0.5, 0.6) is 0 Å². The van der Waals surface area contributed by atoms with Crippen LogP contribution >= 0.6 is 0 Å². The summed E-state index contributed by atoms with van der Waals surface area (Å²) in [6, 6.07) is 6.56. The Morgan fingerprint density at radius 1 is 1.28 bits per heavy atom. The molecule has 2 heteroatoms. The maximum Gasteiger partial charge on any atom is 0.153 e. The molecule has 1 atom stereocenters. The fraction of sp³-hybridized carbons (Fsp3) is 0.500. The highest BCUT2D eigenvalue weighted by Gasteiger charge is 2.42. The van der Waals surface area contributed by atoms with Gasteiger partial charge in [-0.25, -0.2) is 0 Å². The van der Waals surface area contributed by atoms with E-state index in [1.54, 1.807) is 0 Å². The van der Waals surface area contributed by atoms with E-state index in [0.717, 1.165) is 12.8 Å². The molecule has 0 bridgehead atoms. The zero-order valence-corrected chi connectivity index (χ0v) is 11.3. The summed E-state index contributed by atoms with van der Waals surface area (Å²) in [4.78, 5) is 12.0. The fourth-order valence-electron chi connectivity index (χ4n) is 3.06. The van der Waals surface area contributed by atoms with E-state index in [4.69, 9.17) is 0 Å². The Kier molecular flexibility index (Phi) is 3.26. The van der Waals surface area contributed by atoms with Crippen molar-refractivity contribution in [3.05, 3.63) is 34.4 Å². The molecule has 1 saturated carbocycles. The highest BCUT2D eigenvalue weighted by molar-refractivity contribution is 5.89. The Balaban J connectivity index is 2.40. The minimum Gasteiger partial charge on any atom is -0.298 e. The molecular weight excluding hydrogens is 222 g/mol. The average Bonchev–Trinajstić information content (AvgIpc) is 2.66. The van der Waals surface area contributed by atoms with Crippen molar-refractivity contribution in [2.75, 3.05) is 0 Å². The minimum absolute atomic E-state index is 0.129. The molecule has 1 unspecified atom stereocenters. The summed E-state index contributed by atoms with van der Waals surface area (Å²) < 4.78 is 0. The van der Waals surface area contributed by atoms with Gasteiger partial charge in [0.25, 0.3) is 0 Å². The van der Waals surface area contributed by atoms with Crippen LogP contribution < -0.4 is 0 Å². The molecule has 0 N–H and O–H groups in total. The molecule has 1 fully saturated rings. The van der Waals surface area contributed by atoms with Crippen LogP contribution in [0.25, 0.3) is 0 Å². The smallest absolute Gasteiger partial charge is 0.153 e. The van der Waals surface area contributed by atoms with Crippen molar-refractivity contribution in [2.24, 2.45) is 5.41 Å². The van der Waals surface area contributed by atoms with Crippen LogP contribution in [0.15, 0.2) is 12.1 Å². The predicted molar refractivity (Wildman–Crippen MR) is 71.3 cm³/mol. The van der Waals surface area contributed by atoms with Crippen molar-refractivity contribution in [2.45, 2.75) is 46.5 Å². The maximum absolute atomic E-state index is 12.0. The quantitative estimate of drug-likeness (QED) is 0.796. The summed E-state index contributed by atoms with van der Waals surface area (Å²) in [6.45, 7) is 6.21. The van der Waals surface area contributed by atoms with Gasteiger partial charge in [0.2, 0.25) is 0 Å². The Hall–Kier alpha value is -1.62. The Bertz CT molecular complexity index is 516. The third-order valence-corrected chi connectivity index (χ3v) is 4.07. The fourth-order valence-corrected chi connectivity index (χ4v) is 3.06. The zero-order valence-electron chi connectivity index (χ0n) is 11.3. The summed E-state index contributed by atoms with van der Waals surface area (Å²) in [5, 5.41) is 9.41. The molecular formula is C16H19NO. The van der Waals surface area contributed by atoms with Crippen LogP contribution in [0.2, 0.25) is 0 Å². The molecule has 2 nitrogen and oxygen atoms in total. The molecule has 0 saturated heterocycles. The SMILES string of the molecule is Cc1cc(C)c(CC2(C#N)CCCC2=O)c(C)c1. The molecule has 0 aromatic heterocycles. The summed E-state index contributed by atoms with van der Waals surface area (Å²) in [5.41, 5.74) is 4.05. The van der Waals surface area contributed by atoms with E-state index in [-0.39, 0.29) is 5.78 Å². The number of nitrogens with zero attached hydrogens (tertiary/aromatic N) is 1. The molecule has 94 valence electrons. The number of hydrogen-bond donors (Lipinski definition) is 0. The second-order valence-corrected chi connectivity index (χ2v) is 5.52. The maximum atomic E-state index is 12.0. The van der Waals surface area contributed by atoms with Crippen LogP contribution in [0.3, 0.4) is 0 Å². The number of hydrogen-bond acceptors (Lipinski definition) is 2. The van der Waals surface area contributed by atoms with Gasteiger partial charge in [-0.05, 0) is 56.7 Å². The van der Waals surface area contributed by atoms with Gasteiger partial charge in [0.15, 0.2) is 5.78 Å². The lowest BCUT2D eigenvalue weighted by atomic mass is 9.78. The van der Waals surface area contributed by atoms with Crippen LogP contribution in [-0.4, -0.2) is 5.78 Å². The van der Waals surface area contributed by atoms with Crippen LogP contribution in [0.4, 0.5) is 0 Å². The summed E-state index contributed by atoms with van der Waals surface area (Å²) in [7, 11) is 0. The van der Waals surface area contributed by atoms with Gasteiger partial charge in [-0.15, -0.1) is 0 Å². The lowest BCUT2D eigenvalue weighted by Crippen LogP contribution is -2.27. The monoisotopic (exact) mass is 241 g/mol. The summed E-state index contributed by atoms with van der Waals surface area (Å²) >= 11 is 0. The van der Waals surface area contributed by atoms with Gasteiger partial charge < -0.3 is 0 Å². The summed E-state index contributed by atoms with van der Waals surface area (Å²) in [5.74, 6) is 0.129. The van der Waals surface area contributed by atoms with Gasteiger partial charge in [-0.1, -0.05) is 17.7 Å². The molecule has 0 aliphatic heterocycles. The van der Waals surface area contributed by atoms with Gasteiger partial charge in [-0.2, -0.15) is 5.26 Å². The van der Waals surface area contributed by atoms with Gasteiger partial charge in [0.1, 0.15) is 5.41 Å². The van der Waals surface area contributed by atoms with E-state index < -0.39 is 5.41 Å². The number of rotatable bonds is 2. The van der Waals surface area contributed by atoms with E-state index in [2.05, 4.69) is 39.0 Å². The Morgan fingerprint density at radius 2 is 1.89 bits per heavy atom. The first-order valence-electron chi connectivity index (χ1n) is 6.50. The van der Waals surface area contributed by atoms with Gasteiger partial charge in [0.05, 0.1) is 6.07 Å². The third-order valence-electron chi connectivity index (χ3n) is 4.07. The molecule has 1 aliphatic carbocycles. The predicted octanol–water partition coefficient (Wildman–Crippen LogP) is 3.42. The van der Waals surface area contributed by atoms with Crippen molar-refractivity contribution in [1.29, 1.82) is 5.26 Å². The van der Waals surface area contributed by atoms with Crippen molar-refractivity contribution in [3.63, 3.8) is 0 Å².